The summed E-state index contributed by atoms with van der Waals surface area (Å²) in [6.45, 7) is 3.15. The monoisotopic (exact) mass is 481 g/mol. The second kappa shape index (κ2) is 20.4. The third-order valence-corrected chi connectivity index (χ3v) is 6.35. The number of likely N-dealkylation sites (N-methyl/N-ethyl adjacent to an activating group) is 1. The molecule has 0 aliphatic carbocycles. The molecule has 7 nitrogen and oxygen atoms in total. The summed E-state index contributed by atoms with van der Waals surface area (Å²) in [5.74, 6) is 0. The minimum atomic E-state index is -4.38. The highest BCUT2D eigenvalue weighted by Gasteiger charge is 2.15. The highest BCUT2D eigenvalue weighted by atomic mass is 31.2. The molecule has 2 unspecified atom stereocenters. The van der Waals surface area contributed by atoms with Gasteiger partial charge in [-0.2, -0.15) is 0 Å². The molecule has 0 aromatic rings. The molecule has 0 amide bonds. The van der Waals surface area contributed by atoms with Crippen LogP contribution in [0.15, 0.2) is 0 Å². The van der Waals surface area contributed by atoms with Crippen LogP contribution in [0.5, 0.6) is 0 Å². The first-order valence-electron chi connectivity index (χ1n) is 12.8. The molecule has 0 saturated carbocycles. The van der Waals surface area contributed by atoms with E-state index in [-0.39, 0.29) is 19.8 Å². The average Bonchev–Trinajstić information content (AvgIpc) is 2.71. The van der Waals surface area contributed by atoms with Crippen molar-refractivity contribution in [1.29, 1.82) is 0 Å². The zero-order chi connectivity index (χ0) is 24.1. The number of nitrogens with zero attached hydrogens (tertiary/aromatic N) is 1. The normalized spacial score (nSPS) is 15.1. The Morgan fingerprint density at radius 1 is 0.750 bits per heavy atom. The summed E-state index contributed by atoms with van der Waals surface area (Å²) in [7, 11) is 1.45. The lowest BCUT2D eigenvalue weighted by atomic mass is 10.0. The first-order chi connectivity index (χ1) is 15.2. The largest absolute Gasteiger partial charge is 0.756 e. The Morgan fingerprint density at radius 3 is 1.69 bits per heavy atom. The van der Waals surface area contributed by atoms with Crippen LogP contribution in [-0.2, 0) is 18.3 Å². The van der Waals surface area contributed by atoms with Gasteiger partial charge in [-0.1, -0.05) is 90.4 Å². The predicted octanol–water partition coefficient (Wildman–Crippen LogP) is 5.05. The van der Waals surface area contributed by atoms with Crippen molar-refractivity contribution in [1.82, 2.24) is 0 Å². The van der Waals surface area contributed by atoms with Crippen LogP contribution < -0.4 is 4.89 Å². The van der Waals surface area contributed by atoms with Crippen LogP contribution in [0.25, 0.3) is 0 Å². The van der Waals surface area contributed by atoms with Gasteiger partial charge in [0.25, 0.3) is 7.82 Å². The van der Waals surface area contributed by atoms with Crippen molar-refractivity contribution in [3.05, 3.63) is 0 Å². The Balaban J connectivity index is 3.40. The lowest BCUT2D eigenvalue weighted by molar-refractivity contribution is -0.870. The van der Waals surface area contributed by atoms with E-state index in [0.717, 1.165) is 12.8 Å². The maximum atomic E-state index is 11.7. The standard InChI is InChI=1S/C24H52NO6P/c1-5-6-7-8-9-10-11-12-13-14-15-16-17-18-20-29-22-24(26)23-31-32(27,28)30-21-19-25(2,3)4/h24,26H,5-23H2,1-4H3. The molecule has 0 aliphatic heterocycles. The third-order valence-electron chi connectivity index (χ3n) is 5.39. The van der Waals surface area contributed by atoms with Gasteiger partial charge in [0.05, 0.1) is 34.4 Å². The molecular formula is C24H52NO6P. The van der Waals surface area contributed by atoms with Crippen LogP contribution in [-0.4, -0.2) is 69.8 Å². The number of quaternary nitrogens is 1. The van der Waals surface area contributed by atoms with E-state index in [9.17, 15) is 14.6 Å². The van der Waals surface area contributed by atoms with Gasteiger partial charge in [-0.3, -0.25) is 4.57 Å². The summed E-state index contributed by atoms with van der Waals surface area (Å²) in [6.07, 6.45) is 17.3. The number of phosphoric ester groups is 1. The Morgan fingerprint density at radius 2 is 1.22 bits per heavy atom. The fourth-order valence-electron chi connectivity index (χ4n) is 3.31. The Kier molecular flexibility index (Phi) is 20.4. The number of rotatable bonds is 24. The first kappa shape index (κ1) is 32.0. The average molecular weight is 482 g/mol. The van der Waals surface area contributed by atoms with Gasteiger partial charge in [0, 0.05) is 6.61 Å². The molecule has 0 bridgehead atoms. The number of phosphoric acid groups is 1. The number of hydrogen-bond acceptors (Lipinski definition) is 6. The molecule has 0 aliphatic rings. The van der Waals surface area contributed by atoms with Crippen molar-refractivity contribution >= 4 is 7.82 Å². The number of ether oxygens (including phenoxy) is 1. The van der Waals surface area contributed by atoms with Gasteiger partial charge < -0.3 is 28.3 Å². The molecule has 0 aromatic carbocycles. The quantitative estimate of drug-likeness (QED) is 0.118. The van der Waals surface area contributed by atoms with E-state index in [1.807, 2.05) is 21.1 Å². The van der Waals surface area contributed by atoms with E-state index < -0.39 is 13.9 Å². The topological polar surface area (TPSA) is 88.0 Å². The van der Waals surface area contributed by atoms with Gasteiger partial charge >= 0.3 is 0 Å². The van der Waals surface area contributed by atoms with Crippen LogP contribution >= 0.6 is 7.82 Å². The molecule has 8 heteroatoms. The lowest BCUT2D eigenvalue weighted by Gasteiger charge is -2.27. The van der Waals surface area contributed by atoms with Gasteiger partial charge in [0.2, 0.25) is 0 Å². The Bertz CT molecular complexity index is 458. The summed E-state index contributed by atoms with van der Waals surface area (Å²) in [6, 6.07) is 0. The molecule has 2 atom stereocenters. The molecule has 0 saturated heterocycles. The molecule has 32 heavy (non-hydrogen) atoms. The number of aliphatic hydroxyl groups excluding tert-OH is 1. The van der Waals surface area contributed by atoms with Crippen molar-refractivity contribution in [2.75, 3.05) is 54.1 Å². The predicted molar refractivity (Wildman–Crippen MR) is 130 cm³/mol. The summed E-state index contributed by atoms with van der Waals surface area (Å²) in [5, 5.41) is 9.81. The van der Waals surface area contributed by atoms with Crippen LogP contribution in [0.2, 0.25) is 0 Å². The molecule has 0 fully saturated rings. The number of hydrogen-bond donors (Lipinski definition) is 1. The van der Waals surface area contributed by atoms with E-state index in [2.05, 4.69) is 6.92 Å². The molecular weight excluding hydrogens is 429 g/mol. The van der Waals surface area contributed by atoms with Gasteiger partial charge in [0.1, 0.15) is 19.3 Å². The first-order valence-corrected chi connectivity index (χ1v) is 14.3. The van der Waals surface area contributed by atoms with E-state index in [4.69, 9.17) is 13.8 Å². The van der Waals surface area contributed by atoms with Crippen molar-refractivity contribution in [3.8, 4) is 0 Å². The van der Waals surface area contributed by atoms with Crippen LogP contribution in [0.4, 0.5) is 0 Å². The van der Waals surface area contributed by atoms with Crippen molar-refractivity contribution in [2.45, 2.75) is 103 Å². The molecule has 0 radical (unpaired) electrons. The number of unbranched alkanes of at least 4 members (excludes halogenated alkanes) is 13. The lowest BCUT2D eigenvalue weighted by Crippen LogP contribution is -2.37. The highest BCUT2D eigenvalue weighted by Crippen LogP contribution is 2.38. The SMILES string of the molecule is CCCCCCCCCCCCCCCCOCC(O)COP(=O)([O-])OCC[N+](C)(C)C. The van der Waals surface area contributed by atoms with E-state index >= 15 is 0 Å². The molecule has 0 spiro atoms. The molecule has 0 heterocycles. The van der Waals surface area contributed by atoms with Gasteiger partial charge in [-0.15, -0.1) is 0 Å². The smallest absolute Gasteiger partial charge is 0.268 e. The van der Waals surface area contributed by atoms with E-state index in [0.29, 0.717) is 17.6 Å². The van der Waals surface area contributed by atoms with Gasteiger partial charge in [-0.25, -0.2) is 0 Å². The summed E-state index contributed by atoms with van der Waals surface area (Å²) in [5.41, 5.74) is 0. The third kappa shape index (κ3) is 24.6. The molecule has 1 N–H and O–H groups in total. The van der Waals surface area contributed by atoms with Crippen LogP contribution in [0.1, 0.15) is 96.8 Å². The fourth-order valence-corrected chi connectivity index (χ4v) is 4.04. The highest BCUT2D eigenvalue weighted by molar-refractivity contribution is 7.45. The summed E-state index contributed by atoms with van der Waals surface area (Å²) in [4.78, 5) is 11.7. The minimum absolute atomic E-state index is 0.0516. The van der Waals surface area contributed by atoms with Crippen LogP contribution in [0, 0.1) is 0 Å². The van der Waals surface area contributed by atoms with Gasteiger partial charge in [-0.05, 0) is 6.42 Å². The Labute approximate surface area is 198 Å². The van der Waals surface area contributed by atoms with Crippen molar-refractivity contribution < 1.29 is 32.8 Å². The molecule has 0 rings (SSSR count). The molecule has 0 aromatic heterocycles. The Hall–Kier alpha value is -0.0100. The fraction of sp³-hybridized carbons (Fsp3) is 1.00. The van der Waals surface area contributed by atoms with E-state index in [1.54, 1.807) is 0 Å². The summed E-state index contributed by atoms with van der Waals surface area (Å²) >= 11 is 0. The van der Waals surface area contributed by atoms with E-state index in [1.165, 1.54) is 77.0 Å². The van der Waals surface area contributed by atoms with Gasteiger partial charge in [0.15, 0.2) is 0 Å². The molecule has 194 valence electrons. The maximum absolute atomic E-state index is 11.7. The number of aliphatic hydroxyl groups is 1. The summed E-state index contributed by atoms with van der Waals surface area (Å²) < 4.78 is 27.2. The zero-order valence-electron chi connectivity index (χ0n) is 21.4. The second-order valence-electron chi connectivity index (χ2n) is 9.92. The van der Waals surface area contributed by atoms with Crippen LogP contribution in [0.3, 0.4) is 0 Å². The zero-order valence-corrected chi connectivity index (χ0v) is 22.3. The maximum Gasteiger partial charge on any atom is 0.268 e. The minimum Gasteiger partial charge on any atom is -0.756 e. The second-order valence-corrected chi connectivity index (χ2v) is 11.3. The van der Waals surface area contributed by atoms with Crippen molar-refractivity contribution in [2.24, 2.45) is 0 Å². The van der Waals surface area contributed by atoms with Crippen molar-refractivity contribution in [3.63, 3.8) is 0 Å².